The van der Waals surface area contributed by atoms with E-state index in [4.69, 9.17) is 9.84 Å². The first-order valence-electron chi connectivity index (χ1n) is 5.40. The zero-order chi connectivity index (χ0) is 11.8. The Hall–Kier alpha value is -1.53. The third kappa shape index (κ3) is 4.81. The molecular weight excluding hydrogens is 202 g/mol. The molecule has 0 radical (unpaired) electrons. The molecule has 86 valence electrons. The molecule has 3 nitrogen and oxygen atoms in total. The molecule has 16 heavy (non-hydrogen) atoms. The van der Waals surface area contributed by atoms with Crippen LogP contribution in [0.4, 0.5) is 0 Å². The maximum Gasteiger partial charge on any atom is 0.138 e. The molecule has 0 aliphatic heterocycles. The van der Waals surface area contributed by atoms with E-state index in [0.29, 0.717) is 12.5 Å². The number of pyridine rings is 1. The molecule has 1 aromatic heterocycles. The highest BCUT2D eigenvalue weighted by molar-refractivity contribution is 5.36. The van der Waals surface area contributed by atoms with Gasteiger partial charge in [-0.3, -0.25) is 4.98 Å². The fraction of sp³-hybridized carbons (Fsp3) is 0.462. The lowest BCUT2D eigenvalue weighted by molar-refractivity contribution is 0.288. The Morgan fingerprint density at radius 1 is 1.44 bits per heavy atom. The number of hydrogen-bond acceptors (Lipinski definition) is 3. The van der Waals surface area contributed by atoms with Crippen molar-refractivity contribution < 1.29 is 9.84 Å². The maximum absolute atomic E-state index is 8.57. The number of aromatic nitrogens is 1. The van der Waals surface area contributed by atoms with Crippen LogP contribution in [0, 0.1) is 17.8 Å². The van der Waals surface area contributed by atoms with E-state index < -0.39 is 0 Å². The lowest BCUT2D eigenvalue weighted by Crippen LogP contribution is -2.01. The summed E-state index contributed by atoms with van der Waals surface area (Å²) in [6.07, 6.45) is 4.34. The minimum Gasteiger partial charge on any atom is -0.492 e. The van der Waals surface area contributed by atoms with E-state index >= 15 is 0 Å². The van der Waals surface area contributed by atoms with Crippen molar-refractivity contribution in [2.45, 2.75) is 20.3 Å². The smallest absolute Gasteiger partial charge is 0.138 e. The van der Waals surface area contributed by atoms with Crippen molar-refractivity contribution in [2.24, 2.45) is 5.92 Å². The van der Waals surface area contributed by atoms with E-state index in [1.54, 1.807) is 12.4 Å². The van der Waals surface area contributed by atoms with Crippen molar-refractivity contribution in [1.82, 2.24) is 4.98 Å². The summed E-state index contributed by atoms with van der Waals surface area (Å²) >= 11 is 0. The van der Waals surface area contributed by atoms with Crippen LogP contribution in [0.15, 0.2) is 18.5 Å². The number of nitrogens with zero attached hydrogens (tertiary/aromatic N) is 1. The standard InChI is InChI=1S/C13H17NO2/c1-11(2)5-7-16-13-8-12(4-3-6-15)9-14-10-13/h8-11,15H,5-7H2,1-2H3. The van der Waals surface area contributed by atoms with E-state index in [-0.39, 0.29) is 6.61 Å². The summed E-state index contributed by atoms with van der Waals surface area (Å²) < 4.78 is 5.54. The van der Waals surface area contributed by atoms with Crippen LogP contribution in [0.2, 0.25) is 0 Å². The van der Waals surface area contributed by atoms with Crippen molar-refractivity contribution >= 4 is 0 Å². The van der Waals surface area contributed by atoms with Gasteiger partial charge in [-0.15, -0.1) is 0 Å². The monoisotopic (exact) mass is 219 g/mol. The molecule has 0 unspecified atom stereocenters. The van der Waals surface area contributed by atoms with Crippen LogP contribution in [0.1, 0.15) is 25.8 Å². The lowest BCUT2D eigenvalue weighted by Gasteiger charge is -2.07. The SMILES string of the molecule is CC(C)CCOc1cncc(C#CCO)c1. The first kappa shape index (κ1) is 12.5. The highest BCUT2D eigenvalue weighted by atomic mass is 16.5. The molecular formula is C13H17NO2. The Morgan fingerprint density at radius 2 is 2.25 bits per heavy atom. The molecule has 0 atom stereocenters. The Labute approximate surface area is 96.5 Å². The van der Waals surface area contributed by atoms with Gasteiger partial charge >= 0.3 is 0 Å². The molecule has 1 aromatic rings. The Kier molecular flexibility index (Phi) is 5.38. The fourth-order valence-corrected chi connectivity index (χ4v) is 1.12. The van der Waals surface area contributed by atoms with Gasteiger partial charge in [-0.2, -0.15) is 0 Å². The molecule has 3 heteroatoms. The third-order valence-corrected chi connectivity index (χ3v) is 1.99. The van der Waals surface area contributed by atoms with Crippen molar-refractivity contribution in [3.05, 3.63) is 24.0 Å². The summed E-state index contributed by atoms with van der Waals surface area (Å²) in [5, 5.41) is 8.57. The summed E-state index contributed by atoms with van der Waals surface area (Å²) in [5.74, 6) is 6.72. The maximum atomic E-state index is 8.57. The van der Waals surface area contributed by atoms with Crippen LogP contribution in [-0.2, 0) is 0 Å². The van der Waals surface area contributed by atoms with Crippen LogP contribution >= 0.6 is 0 Å². The van der Waals surface area contributed by atoms with Gasteiger partial charge in [-0.05, 0) is 18.4 Å². The molecule has 1 N–H and O–H groups in total. The number of ether oxygens (including phenoxy) is 1. The average Bonchev–Trinajstić information content (AvgIpc) is 2.26. The summed E-state index contributed by atoms with van der Waals surface area (Å²) in [7, 11) is 0. The Balaban J connectivity index is 2.54. The molecule has 0 spiro atoms. The zero-order valence-corrected chi connectivity index (χ0v) is 9.73. The van der Waals surface area contributed by atoms with Crippen LogP contribution in [0.25, 0.3) is 0 Å². The molecule has 0 aromatic carbocycles. The van der Waals surface area contributed by atoms with Gasteiger partial charge in [0.2, 0.25) is 0 Å². The first-order valence-corrected chi connectivity index (χ1v) is 5.40. The molecule has 1 heterocycles. The largest absolute Gasteiger partial charge is 0.492 e. The molecule has 0 fully saturated rings. The van der Waals surface area contributed by atoms with Gasteiger partial charge in [0.15, 0.2) is 0 Å². The van der Waals surface area contributed by atoms with E-state index in [9.17, 15) is 0 Å². The highest BCUT2D eigenvalue weighted by Gasteiger charge is 1.97. The van der Waals surface area contributed by atoms with E-state index in [2.05, 4.69) is 30.7 Å². The zero-order valence-electron chi connectivity index (χ0n) is 9.73. The molecule has 0 aliphatic carbocycles. The van der Waals surface area contributed by atoms with Crippen molar-refractivity contribution in [3.63, 3.8) is 0 Å². The topological polar surface area (TPSA) is 42.4 Å². The summed E-state index contributed by atoms with van der Waals surface area (Å²) in [5.41, 5.74) is 0.760. The molecule has 1 rings (SSSR count). The number of aliphatic hydroxyl groups excluding tert-OH is 1. The van der Waals surface area contributed by atoms with E-state index in [0.717, 1.165) is 17.7 Å². The van der Waals surface area contributed by atoms with Crippen molar-refractivity contribution in [3.8, 4) is 17.6 Å². The summed E-state index contributed by atoms with van der Waals surface area (Å²) in [6, 6.07) is 1.83. The Bertz CT molecular complexity index is 377. The number of rotatable bonds is 4. The Morgan fingerprint density at radius 3 is 2.94 bits per heavy atom. The van der Waals surface area contributed by atoms with Crippen LogP contribution in [0.3, 0.4) is 0 Å². The van der Waals surface area contributed by atoms with Gasteiger partial charge in [-0.25, -0.2) is 0 Å². The van der Waals surface area contributed by atoms with Crippen LogP contribution in [-0.4, -0.2) is 23.3 Å². The lowest BCUT2D eigenvalue weighted by atomic mass is 10.1. The van der Waals surface area contributed by atoms with Crippen LogP contribution in [0.5, 0.6) is 5.75 Å². The summed E-state index contributed by atoms with van der Waals surface area (Å²) in [4.78, 5) is 4.03. The molecule has 0 amide bonds. The normalized spacial score (nSPS) is 9.75. The number of aliphatic hydroxyl groups is 1. The second-order valence-electron chi connectivity index (χ2n) is 3.90. The van der Waals surface area contributed by atoms with E-state index in [1.165, 1.54) is 0 Å². The van der Waals surface area contributed by atoms with Crippen molar-refractivity contribution in [1.29, 1.82) is 0 Å². The summed E-state index contributed by atoms with van der Waals surface area (Å²) in [6.45, 7) is 4.87. The minimum absolute atomic E-state index is 0.140. The predicted molar refractivity (Wildman–Crippen MR) is 63.2 cm³/mol. The van der Waals surface area contributed by atoms with Gasteiger partial charge in [-0.1, -0.05) is 25.7 Å². The van der Waals surface area contributed by atoms with Gasteiger partial charge in [0.25, 0.3) is 0 Å². The van der Waals surface area contributed by atoms with Gasteiger partial charge in [0, 0.05) is 11.8 Å². The van der Waals surface area contributed by atoms with Gasteiger partial charge in [0.1, 0.15) is 12.4 Å². The average molecular weight is 219 g/mol. The number of hydrogen-bond donors (Lipinski definition) is 1. The van der Waals surface area contributed by atoms with Crippen molar-refractivity contribution in [2.75, 3.05) is 13.2 Å². The predicted octanol–water partition coefficient (Wildman–Crippen LogP) is 1.85. The second-order valence-corrected chi connectivity index (χ2v) is 3.90. The van der Waals surface area contributed by atoms with Crippen LogP contribution < -0.4 is 4.74 Å². The minimum atomic E-state index is -0.140. The van der Waals surface area contributed by atoms with E-state index in [1.807, 2.05) is 6.07 Å². The quantitative estimate of drug-likeness (QED) is 0.786. The molecule has 0 aliphatic rings. The second kappa shape index (κ2) is 6.86. The molecule has 0 bridgehead atoms. The van der Waals surface area contributed by atoms with Gasteiger partial charge < -0.3 is 9.84 Å². The fourth-order valence-electron chi connectivity index (χ4n) is 1.12. The third-order valence-electron chi connectivity index (χ3n) is 1.99. The molecule has 0 saturated heterocycles. The van der Waals surface area contributed by atoms with Gasteiger partial charge in [0.05, 0.1) is 12.8 Å². The molecule has 0 saturated carbocycles. The highest BCUT2D eigenvalue weighted by Crippen LogP contribution is 2.11. The first-order chi connectivity index (χ1) is 7.72.